The summed E-state index contributed by atoms with van der Waals surface area (Å²) in [5.41, 5.74) is 5.80. The van der Waals surface area contributed by atoms with Crippen molar-refractivity contribution in [3.8, 4) is 0 Å². The zero-order valence-electron chi connectivity index (χ0n) is 10.5. The first kappa shape index (κ1) is 12.8. The minimum atomic E-state index is -0.0710. The molecule has 1 aliphatic heterocycles. The maximum Gasteiger partial charge on any atom is 0.274 e. The monoisotopic (exact) mass is 250 g/mol. The second-order valence-electron chi connectivity index (χ2n) is 4.52. The molecule has 2 rings (SSSR count). The number of likely N-dealkylation sites (tertiary alicyclic amines) is 1. The molecular weight excluding hydrogens is 232 g/mol. The number of amides is 1. The number of nitrogens with two attached hydrogens (primary N) is 1. The molecule has 0 aliphatic carbocycles. The van der Waals surface area contributed by atoms with Crippen LogP contribution in [0.2, 0.25) is 0 Å². The van der Waals surface area contributed by atoms with Crippen molar-refractivity contribution in [1.29, 1.82) is 0 Å². The average Bonchev–Trinajstić information content (AvgIpc) is 2.40. The van der Waals surface area contributed by atoms with Crippen LogP contribution in [0.15, 0.2) is 12.4 Å². The first-order valence-electron chi connectivity index (χ1n) is 6.06. The van der Waals surface area contributed by atoms with Crippen LogP contribution < -0.4 is 5.73 Å². The van der Waals surface area contributed by atoms with Gasteiger partial charge in [0, 0.05) is 26.8 Å². The highest BCUT2D eigenvalue weighted by molar-refractivity contribution is 5.92. The van der Waals surface area contributed by atoms with Gasteiger partial charge in [0.15, 0.2) is 0 Å². The van der Waals surface area contributed by atoms with Gasteiger partial charge in [0.1, 0.15) is 11.5 Å². The van der Waals surface area contributed by atoms with Crippen LogP contribution in [0.4, 0.5) is 5.82 Å². The predicted octanol–water partition coefficient (Wildman–Crippen LogP) is 0.557. The van der Waals surface area contributed by atoms with Crippen LogP contribution in [0.5, 0.6) is 0 Å². The predicted molar refractivity (Wildman–Crippen MR) is 66.9 cm³/mol. The Hall–Kier alpha value is -1.69. The lowest BCUT2D eigenvalue weighted by Gasteiger charge is -2.31. The van der Waals surface area contributed by atoms with Gasteiger partial charge in [0.05, 0.1) is 12.4 Å². The molecular formula is C12H18N4O2. The van der Waals surface area contributed by atoms with Crippen molar-refractivity contribution in [3.63, 3.8) is 0 Å². The Balaban J connectivity index is 1.93. The lowest BCUT2D eigenvalue weighted by molar-refractivity contribution is 0.0608. The smallest absolute Gasteiger partial charge is 0.274 e. The molecule has 2 heterocycles. The minimum Gasteiger partial charge on any atom is -0.384 e. The minimum absolute atomic E-state index is 0.0710. The molecule has 6 heteroatoms. The Morgan fingerprint density at radius 2 is 2.17 bits per heavy atom. The summed E-state index contributed by atoms with van der Waals surface area (Å²) in [7, 11) is 1.71. The summed E-state index contributed by atoms with van der Waals surface area (Å²) >= 11 is 0. The number of carbonyl (C=O) groups excluding carboxylic acids is 1. The van der Waals surface area contributed by atoms with Crippen LogP contribution in [0.1, 0.15) is 23.3 Å². The van der Waals surface area contributed by atoms with E-state index in [1.54, 1.807) is 7.11 Å². The fraction of sp³-hybridized carbons (Fsp3) is 0.583. The molecule has 1 aromatic rings. The van der Waals surface area contributed by atoms with E-state index in [1.807, 2.05) is 4.90 Å². The van der Waals surface area contributed by atoms with E-state index in [2.05, 4.69) is 9.97 Å². The zero-order valence-corrected chi connectivity index (χ0v) is 10.5. The quantitative estimate of drug-likeness (QED) is 0.847. The number of carbonyl (C=O) groups is 1. The Bertz CT molecular complexity index is 399. The van der Waals surface area contributed by atoms with Crippen molar-refractivity contribution in [1.82, 2.24) is 14.9 Å². The molecule has 1 fully saturated rings. The number of hydrogen-bond acceptors (Lipinski definition) is 5. The molecule has 18 heavy (non-hydrogen) atoms. The molecule has 0 spiro atoms. The van der Waals surface area contributed by atoms with E-state index in [4.69, 9.17) is 10.5 Å². The van der Waals surface area contributed by atoms with Gasteiger partial charge in [-0.25, -0.2) is 9.97 Å². The summed E-state index contributed by atoms with van der Waals surface area (Å²) in [5.74, 6) is 0.806. The topological polar surface area (TPSA) is 81.3 Å². The fourth-order valence-corrected chi connectivity index (χ4v) is 2.15. The standard InChI is InChI=1S/C12H18N4O2/c1-18-8-9-2-4-16(5-3-9)12(17)10-6-15-11(13)7-14-10/h6-7,9H,2-5,8H2,1H3,(H2,13,15). The molecule has 0 aromatic carbocycles. The maximum atomic E-state index is 12.1. The Morgan fingerprint density at radius 3 is 2.72 bits per heavy atom. The first-order chi connectivity index (χ1) is 8.70. The van der Waals surface area contributed by atoms with Gasteiger partial charge in [-0.1, -0.05) is 0 Å². The molecule has 1 amide bonds. The molecule has 0 bridgehead atoms. The van der Waals surface area contributed by atoms with E-state index >= 15 is 0 Å². The first-order valence-corrected chi connectivity index (χ1v) is 6.06. The van der Waals surface area contributed by atoms with Gasteiger partial charge in [0.25, 0.3) is 5.91 Å². The highest BCUT2D eigenvalue weighted by Crippen LogP contribution is 2.18. The Morgan fingerprint density at radius 1 is 1.44 bits per heavy atom. The van der Waals surface area contributed by atoms with Crippen LogP contribution in [0.25, 0.3) is 0 Å². The third-order valence-corrected chi connectivity index (χ3v) is 3.20. The SMILES string of the molecule is COCC1CCN(C(=O)c2cnc(N)cn2)CC1. The molecule has 0 radical (unpaired) electrons. The van der Waals surface area contributed by atoms with Crippen molar-refractivity contribution in [2.45, 2.75) is 12.8 Å². The second kappa shape index (κ2) is 5.77. The number of nitrogens with zero attached hydrogens (tertiary/aromatic N) is 3. The lowest BCUT2D eigenvalue weighted by atomic mass is 9.97. The van der Waals surface area contributed by atoms with E-state index < -0.39 is 0 Å². The summed E-state index contributed by atoms with van der Waals surface area (Å²) in [6.07, 6.45) is 4.79. The van der Waals surface area contributed by atoms with E-state index in [-0.39, 0.29) is 5.91 Å². The van der Waals surface area contributed by atoms with Gasteiger partial charge in [-0.05, 0) is 18.8 Å². The van der Waals surface area contributed by atoms with Crippen LogP contribution >= 0.6 is 0 Å². The average molecular weight is 250 g/mol. The zero-order chi connectivity index (χ0) is 13.0. The van der Waals surface area contributed by atoms with Crippen molar-refractivity contribution >= 4 is 11.7 Å². The van der Waals surface area contributed by atoms with Gasteiger partial charge >= 0.3 is 0 Å². The number of rotatable bonds is 3. The summed E-state index contributed by atoms with van der Waals surface area (Å²) in [6, 6.07) is 0. The number of nitrogen functional groups attached to an aromatic ring is 1. The molecule has 0 unspecified atom stereocenters. The molecule has 1 saturated heterocycles. The normalized spacial score (nSPS) is 16.8. The molecule has 0 atom stereocenters. The Labute approximate surface area is 106 Å². The van der Waals surface area contributed by atoms with Gasteiger partial charge < -0.3 is 15.4 Å². The lowest BCUT2D eigenvalue weighted by Crippen LogP contribution is -2.39. The van der Waals surface area contributed by atoms with Crippen LogP contribution in [-0.4, -0.2) is 47.6 Å². The van der Waals surface area contributed by atoms with Gasteiger partial charge in [0.2, 0.25) is 0 Å². The Kier molecular flexibility index (Phi) is 4.09. The highest BCUT2D eigenvalue weighted by Gasteiger charge is 2.24. The number of piperidine rings is 1. The van der Waals surface area contributed by atoms with E-state index in [0.717, 1.165) is 32.5 Å². The molecule has 2 N–H and O–H groups in total. The largest absolute Gasteiger partial charge is 0.384 e. The van der Waals surface area contributed by atoms with Crippen LogP contribution in [-0.2, 0) is 4.74 Å². The number of ether oxygens (including phenoxy) is 1. The number of methoxy groups -OCH3 is 1. The summed E-state index contributed by atoms with van der Waals surface area (Å²) in [6.45, 7) is 2.27. The highest BCUT2D eigenvalue weighted by atomic mass is 16.5. The van der Waals surface area contributed by atoms with Crippen LogP contribution in [0, 0.1) is 5.92 Å². The summed E-state index contributed by atoms with van der Waals surface area (Å²) < 4.78 is 5.14. The van der Waals surface area contributed by atoms with Gasteiger partial charge in [-0.2, -0.15) is 0 Å². The van der Waals surface area contributed by atoms with E-state index in [9.17, 15) is 4.79 Å². The molecule has 1 aliphatic rings. The maximum absolute atomic E-state index is 12.1. The van der Waals surface area contributed by atoms with Crippen molar-refractivity contribution < 1.29 is 9.53 Å². The summed E-state index contributed by atoms with van der Waals surface area (Å²) in [5, 5.41) is 0. The second-order valence-corrected chi connectivity index (χ2v) is 4.52. The fourth-order valence-electron chi connectivity index (χ4n) is 2.15. The third-order valence-electron chi connectivity index (χ3n) is 3.20. The van der Waals surface area contributed by atoms with E-state index in [0.29, 0.717) is 17.4 Å². The molecule has 6 nitrogen and oxygen atoms in total. The summed E-state index contributed by atoms with van der Waals surface area (Å²) in [4.78, 5) is 21.8. The van der Waals surface area contributed by atoms with Crippen molar-refractivity contribution in [2.75, 3.05) is 32.5 Å². The third kappa shape index (κ3) is 2.95. The van der Waals surface area contributed by atoms with Crippen LogP contribution in [0.3, 0.4) is 0 Å². The molecule has 1 aromatic heterocycles. The van der Waals surface area contributed by atoms with Gasteiger partial charge in [-0.15, -0.1) is 0 Å². The van der Waals surface area contributed by atoms with Crippen molar-refractivity contribution in [2.24, 2.45) is 5.92 Å². The molecule has 0 saturated carbocycles. The van der Waals surface area contributed by atoms with Gasteiger partial charge in [-0.3, -0.25) is 4.79 Å². The number of anilines is 1. The van der Waals surface area contributed by atoms with E-state index in [1.165, 1.54) is 12.4 Å². The number of aromatic nitrogens is 2. The molecule has 98 valence electrons. The number of hydrogen-bond donors (Lipinski definition) is 1. The van der Waals surface area contributed by atoms with Crippen molar-refractivity contribution in [3.05, 3.63) is 18.1 Å².